The van der Waals surface area contributed by atoms with Crippen LogP contribution in [0, 0.1) is 0 Å². The molecule has 0 bridgehead atoms. The maximum absolute atomic E-state index is 11.7. The topological polar surface area (TPSA) is 38.3 Å². The number of amides is 1. The molecular weight excluding hydrogens is 334 g/mol. The van der Waals surface area contributed by atoms with Gasteiger partial charge in [0.2, 0.25) is 0 Å². The van der Waals surface area contributed by atoms with Crippen molar-refractivity contribution in [1.29, 1.82) is 0 Å². The lowest BCUT2D eigenvalue weighted by Gasteiger charge is -2.07. The van der Waals surface area contributed by atoms with Crippen LogP contribution in [0.4, 0.5) is 4.79 Å². The Hall–Kier alpha value is -3.07. The van der Waals surface area contributed by atoms with E-state index < -0.39 is 0 Å². The monoisotopic (exact) mass is 359 g/mol. The third-order valence-corrected chi connectivity index (χ3v) is 4.44. The fraction of sp³-hybridized carbons (Fsp3) is 0.208. The van der Waals surface area contributed by atoms with Gasteiger partial charge in [-0.1, -0.05) is 84.9 Å². The molecule has 0 saturated heterocycles. The van der Waals surface area contributed by atoms with E-state index in [2.05, 4.69) is 53.8 Å². The van der Waals surface area contributed by atoms with Crippen molar-refractivity contribution >= 4 is 6.09 Å². The van der Waals surface area contributed by atoms with Gasteiger partial charge in [-0.3, -0.25) is 0 Å². The minimum absolute atomic E-state index is 0.306. The summed E-state index contributed by atoms with van der Waals surface area (Å²) in [5, 5.41) is 2.81. The van der Waals surface area contributed by atoms with Crippen LogP contribution in [0.25, 0.3) is 11.1 Å². The van der Waals surface area contributed by atoms with Crippen LogP contribution in [0.1, 0.15) is 24.0 Å². The number of benzene rings is 3. The van der Waals surface area contributed by atoms with Gasteiger partial charge in [0.05, 0.1) is 0 Å². The summed E-state index contributed by atoms with van der Waals surface area (Å²) in [6, 6.07) is 28.8. The molecule has 3 aromatic rings. The summed E-state index contributed by atoms with van der Waals surface area (Å²) in [5.74, 6) is 0. The number of nitrogens with one attached hydrogen (secondary N) is 1. The summed E-state index contributed by atoms with van der Waals surface area (Å²) >= 11 is 0. The molecule has 0 unspecified atom stereocenters. The molecule has 3 rings (SSSR count). The van der Waals surface area contributed by atoms with Gasteiger partial charge in [-0.2, -0.15) is 0 Å². The van der Waals surface area contributed by atoms with E-state index in [4.69, 9.17) is 4.74 Å². The van der Waals surface area contributed by atoms with Crippen molar-refractivity contribution in [2.24, 2.45) is 0 Å². The van der Waals surface area contributed by atoms with Crippen molar-refractivity contribution < 1.29 is 9.53 Å². The summed E-state index contributed by atoms with van der Waals surface area (Å²) in [6.07, 6.45) is 2.62. The molecule has 3 aromatic carbocycles. The molecule has 0 spiro atoms. The van der Waals surface area contributed by atoms with Crippen molar-refractivity contribution in [1.82, 2.24) is 5.32 Å². The van der Waals surface area contributed by atoms with Gasteiger partial charge in [-0.05, 0) is 41.5 Å². The highest BCUT2D eigenvalue weighted by atomic mass is 16.5. The van der Waals surface area contributed by atoms with Crippen LogP contribution in [0.2, 0.25) is 0 Å². The lowest BCUT2D eigenvalue weighted by Crippen LogP contribution is -2.25. The Labute approximate surface area is 161 Å². The molecule has 0 aliphatic heterocycles. The van der Waals surface area contributed by atoms with Gasteiger partial charge in [-0.15, -0.1) is 0 Å². The van der Waals surface area contributed by atoms with E-state index in [-0.39, 0.29) is 6.09 Å². The minimum Gasteiger partial charge on any atom is -0.445 e. The number of aryl methyl sites for hydroxylation is 1. The highest BCUT2D eigenvalue weighted by Gasteiger charge is 2.02. The van der Waals surface area contributed by atoms with Gasteiger partial charge in [-0.25, -0.2) is 4.79 Å². The summed E-state index contributed by atoms with van der Waals surface area (Å²) in [4.78, 5) is 11.7. The second-order valence-electron chi connectivity index (χ2n) is 6.51. The number of rotatable bonds is 8. The Morgan fingerprint density at radius 2 is 1.33 bits per heavy atom. The van der Waals surface area contributed by atoms with Gasteiger partial charge in [0.25, 0.3) is 0 Å². The summed E-state index contributed by atoms with van der Waals surface area (Å²) in [5.41, 5.74) is 4.79. The number of carbonyl (C=O) groups excluding carboxylic acids is 1. The van der Waals surface area contributed by atoms with Crippen LogP contribution in [0.5, 0.6) is 0 Å². The van der Waals surface area contributed by atoms with E-state index in [1.807, 2.05) is 36.4 Å². The normalized spacial score (nSPS) is 10.4. The largest absolute Gasteiger partial charge is 0.445 e. The summed E-state index contributed by atoms with van der Waals surface area (Å²) in [7, 11) is 0. The Morgan fingerprint density at radius 3 is 2.04 bits per heavy atom. The molecule has 0 aliphatic carbocycles. The van der Waals surface area contributed by atoms with Crippen LogP contribution >= 0.6 is 0 Å². The Bertz CT molecular complexity index is 814. The first kappa shape index (κ1) is 18.7. The molecule has 3 nitrogen and oxygen atoms in total. The van der Waals surface area contributed by atoms with Crippen LogP contribution in [0.3, 0.4) is 0 Å². The van der Waals surface area contributed by atoms with Crippen molar-refractivity contribution in [3.05, 3.63) is 96.1 Å². The van der Waals surface area contributed by atoms with Crippen LogP contribution in [0.15, 0.2) is 84.9 Å². The van der Waals surface area contributed by atoms with Crippen molar-refractivity contribution in [2.45, 2.75) is 25.9 Å². The van der Waals surface area contributed by atoms with E-state index in [9.17, 15) is 4.79 Å². The van der Waals surface area contributed by atoms with Crippen molar-refractivity contribution in [2.75, 3.05) is 6.54 Å². The molecule has 0 radical (unpaired) electrons. The van der Waals surface area contributed by atoms with E-state index in [0.29, 0.717) is 13.2 Å². The average Bonchev–Trinajstić information content (AvgIpc) is 2.74. The van der Waals surface area contributed by atoms with Gasteiger partial charge in [0.1, 0.15) is 6.61 Å². The highest BCUT2D eigenvalue weighted by molar-refractivity contribution is 5.67. The highest BCUT2D eigenvalue weighted by Crippen LogP contribution is 2.19. The van der Waals surface area contributed by atoms with E-state index in [1.54, 1.807) is 0 Å². The summed E-state index contributed by atoms with van der Waals surface area (Å²) < 4.78 is 5.20. The third-order valence-electron chi connectivity index (χ3n) is 4.44. The molecular formula is C24H25NO2. The van der Waals surface area contributed by atoms with Gasteiger partial charge < -0.3 is 10.1 Å². The molecule has 27 heavy (non-hydrogen) atoms. The molecule has 0 saturated carbocycles. The van der Waals surface area contributed by atoms with Gasteiger partial charge >= 0.3 is 6.09 Å². The third kappa shape index (κ3) is 6.30. The predicted octanol–water partition coefficient (Wildman–Crippen LogP) is 5.60. The quantitative estimate of drug-likeness (QED) is 0.531. The lowest BCUT2D eigenvalue weighted by molar-refractivity contribution is 0.139. The number of ether oxygens (including phenoxy) is 1. The maximum Gasteiger partial charge on any atom is 0.407 e. The van der Waals surface area contributed by atoms with Gasteiger partial charge in [0.15, 0.2) is 0 Å². The zero-order chi connectivity index (χ0) is 18.7. The molecule has 0 aliphatic rings. The van der Waals surface area contributed by atoms with Crippen molar-refractivity contribution in [3.8, 4) is 11.1 Å². The number of hydrogen-bond acceptors (Lipinski definition) is 2. The first-order valence-electron chi connectivity index (χ1n) is 9.40. The second-order valence-corrected chi connectivity index (χ2v) is 6.51. The zero-order valence-corrected chi connectivity index (χ0v) is 15.4. The van der Waals surface area contributed by atoms with Crippen LogP contribution in [-0.4, -0.2) is 12.6 Å². The molecule has 0 heterocycles. The Kier molecular flexibility index (Phi) is 7.05. The fourth-order valence-electron chi connectivity index (χ4n) is 2.91. The number of carbonyl (C=O) groups is 1. The molecule has 0 aromatic heterocycles. The lowest BCUT2D eigenvalue weighted by atomic mass is 10.0. The Balaban J connectivity index is 1.31. The molecule has 138 valence electrons. The van der Waals surface area contributed by atoms with E-state index in [1.165, 1.54) is 16.7 Å². The number of unbranched alkanes of at least 4 members (excludes halogenated alkanes) is 1. The van der Waals surface area contributed by atoms with Crippen LogP contribution < -0.4 is 5.32 Å². The van der Waals surface area contributed by atoms with Gasteiger partial charge in [0, 0.05) is 6.54 Å². The standard InChI is InChI=1S/C24H25NO2/c26-24(27-19-21-10-3-1-4-11-21)25-18-8-7-9-20-14-16-23(17-15-20)22-12-5-2-6-13-22/h1-6,10-17H,7-9,18-19H2,(H,25,26). The average molecular weight is 359 g/mol. The summed E-state index contributed by atoms with van der Waals surface area (Å²) in [6.45, 7) is 0.941. The minimum atomic E-state index is -0.355. The second kappa shape index (κ2) is 10.2. The van der Waals surface area contributed by atoms with E-state index >= 15 is 0 Å². The number of alkyl carbamates (subject to hydrolysis) is 1. The van der Waals surface area contributed by atoms with Crippen molar-refractivity contribution in [3.63, 3.8) is 0 Å². The molecule has 0 atom stereocenters. The molecule has 3 heteroatoms. The fourth-order valence-corrected chi connectivity index (χ4v) is 2.91. The Morgan fingerprint density at radius 1 is 0.704 bits per heavy atom. The van der Waals surface area contributed by atoms with E-state index in [0.717, 1.165) is 24.8 Å². The van der Waals surface area contributed by atoms with Crippen LogP contribution in [-0.2, 0) is 17.8 Å². The first-order valence-corrected chi connectivity index (χ1v) is 9.40. The predicted molar refractivity (Wildman–Crippen MR) is 109 cm³/mol. The first-order chi connectivity index (χ1) is 13.3. The number of hydrogen-bond donors (Lipinski definition) is 1. The zero-order valence-electron chi connectivity index (χ0n) is 15.4. The molecule has 1 N–H and O–H groups in total. The molecule has 1 amide bonds. The maximum atomic E-state index is 11.7. The SMILES string of the molecule is O=C(NCCCCc1ccc(-c2ccccc2)cc1)OCc1ccccc1. The smallest absolute Gasteiger partial charge is 0.407 e. The molecule has 0 fully saturated rings.